The first-order valence-corrected chi connectivity index (χ1v) is 7.40. The SMILES string of the molecule is Cc1ccc(O)c(C(=O)OCc2cc(=O)n3ccc(C)cc3n2)c1. The zero-order chi connectivity index (χ0) is 17.3. The number of aromatic nitrogens is 2. The summed E-state index contributed by atoms with van der Waals surface area (Å²) in [5.41, 5.74) is 2.49. The van der Waals surface area contributed by atoms with Crippen LogP contribution in [0.2, 0.25) is 0 Å². The molecule has 0 aliphatic carbocycles. The van der Waals surface area contributed by atoms with Crippen LogP contribution < -0.4 is 5.56 Å². The highest BCUT2D eigenvalue weighted by Gasteiger charge is 2.14. The zero-order valence-corrected chi connectivity index (χ0v) is 13.3. The van der Waals surface area contributed by atoms with Gasteiger partial charge in [0.15, 0.2) is 0 Å². The Labute approximate surface area is 138 Å². The first kappa shape index (κ1) is 15.7. The third-order valence-corrected chi connectivity index (χ3v) is 3.60. The number of esters is 1. The molecule has 0 radical (unpaired) electrons. The van der Waals surface area contributed by atoms with Crippen molar-refractivity contribution in [2.45, 2.75) is 20.5 Å². The van der Waals surface area contributed by atoms with Gasteiger partial charge in [0.1, 0.15) is 23.6 Å². The highest BCUT2D eigenvalue weighted by atomic mass is 16.5. The Bertz CT molecular complexity index is 992. The fourth-order valence-electron chi connectivity index (χ4n) is 2.36. The number of nitrogens with zero attached hydrogens (tertiary/aromatic N) is 2. The second kappa shape index (κ2) is 6.16. The molecule has 0 saturated heterocycles. The van der Waals surface area contributed by atoms with Gasteiger partial charge in [-0.2, -0.15) is 0 Å². The fourth-order valence-corrected chi connectivity index (χ4v) is 2.36. The van der Waals surface area contributed by atoms with Gasteiger partial charge < -0.3 is 9.84 Å². The molecule has 1 N–H and O–H groups in total. The maximum atomic E-state index is 12.1. The molecule has 0 saturated carbocycles. The van der Waals surface area contributed by atoms with Crippen molar-refractivity contribution in [2.24, 2.45) is 0 Å². The molecule has 0 amide bonds. The maximum absolute atomic E-state index is 12.1. The van der Waals surface area contributed by atoms with Crippen LogP contribution in [0.1, 0.15) is 27.2 Å². The topological polar surface area (TPSA) is 80.9 Å². The average molecular weight is 324 g/mol. The number of benzene rings is 1. The molecule has 0 fully saturated rings. The monoisotopic (exact) mass is 324 g/mol. The number of hydrogen-bond acceptors (Lipinski definition) is 5. The van der Waals surface area contributed by atoms with Crippen LogP contribution in [0.25, 0.3) is 5.65 Å². The van der Waals surface area contributed by atoms with E-state index in [1.165, 1.54) is 16.5 Å². The third kappa shape index (κ3) is 3.12. The zero-order valence-electron chi connectivity index (χ0n) is 13.3. The van der Waals surface area contributed by atoms with Gasteiger partial charge in [0.25, 0.3) is 5.56 Å². The van der Waals surface area contributed by atoms with Crippen LogP contribution in [0.4, 0.5) is 0 Å². The van der Waals surface area contributed by atoms with Crippen LogP contribution in [0.5, 0.6) is 5.75 Å². The van der Waals surface area contributed by atoms with E-state index in [-0.39, 0.29) is 23.5 Å². The van der Waals surface area contributed by atoms with Crippen LogP contribution in [-0.2, 0) is 11.3 Å². The van der Waals surface area contributed by atoms with E-state index in [9.17, 15) is 14.7 Å². The van der Waals surface area contributed by atoms with E-state index in [0.717, 1.165) is 11.1 Å². The maximum Gasteiger partial charge on any atom is 0.342 e. The van der Waals surface area contributed by atoms with Gasteiger partial charge in [-0.3, -0.25) is 9.20 Å². The number of carbonyl (C=O) groups excluding carboxylic acids is 1. The highest BCUT2D eigenvalue weighted by molar-refractivity contribution is 5.92. The molecule has 0 aliphatic heterocycles. The Morgan fingerprint density at radius 3 is 2.71 bits per heavy atom. The van der Waals surface area contributed by atoms with E-state index in [2.05, 4.69) is 4.98 Å². The summed E-state index contributed by atoms with van der Waals surface area (Å²) in [4.78, 5) is 28.5. The molecule has 3 aromatic rings. The van der Waals surface area contributed by atoms with Crippen LogP contribution in [-0.4, -0.2) is 20.5 Å². The molecule has 122 valence electrons. The number of carbonyl (C=O) groups is 1. The molecular formula is C18H16N2O4. The Morgan fingerprint density at radius 2 is 1.92 bits per heavy atom. The van der Waals surface area contributed by atoms with E-state index < -0.39 is 5.97 Å². The first-order chi connectivity index (χ1) is 11.4. The van der Waals surface area contributed by atoms with Crippen molar-refractivity contribution in [2.75, 3.05) is 0 Å². The molecular weight excluding hydrogens is 308 g/mol. The van der Waals surface area contributed by atoms with Crippen LogP contribution in [0, 0.1) is 13.8 Å². The largest absolute Gasteiger partial charge is 0.507 e. The van der Waals surface area contributed by atoms with Crippen molar-refractivity contribution >= 4 is 11.6 Å². The van der Waals surface area contributed by atoms with Gasteiger partial charge in [0.2, 0.25) is 0 Å². The average Bonchev–Trinajstić information content (AvgIpc) is 2.54. The van der Waals surface area contributed by atoms with Crippen molar-refractivity contribution in [3.05, 3.63) is 75.3 Å². The normalized spacial score (nSPS) is 10.8. The summed E-state index contributed by atoms with van der Waals surface area (Å²) in [6.07, 6.45) is 1.65. The number of aromatic hydroxyl groups is 1. The summed E-state index contributed by atoms with van der Waals surface area (Å²) in [6.45, 7) is 3.57. The predicted octanol–water partition coefficient (Wildman–Crippen LogP) is 2.37. The molecule has 1 aromatic carbocycles. The smallest absolute Gasteiger partial charge is 0.342 e. The van der Waals surface area contributed by atoms with Gasteiger partial charge in [-0.15, -0.1) is 0 Å². The molecule has 0 bridgehead atoms. The summed E-state index contributed by atoms with van der Waals surface area (Å²) in [5, 5.41) is 9.75. The number of hydrogen-bond donors (Lipinski definition) is 1. The molecule has 3 rings (SSSR count). The minimum absolute atomic E-state index is 0.0864. The fraction of sp³-hybridized carbons (Fsp3) is 0.167. The van der Waals surface area contributed by atoms with Gasteiger partial charge in [-0.1, -0.05) is 11.6 Å². The van der Waals surface area contributed by atoms with Gasteiger partial charge in [0, 0.05) is 12.3 Å². The van der Waals surface area contributed by atoms with Gasteiger partial charge in [-0.25, -0.2) is 9.78 Å². The number of phenols is 1. The number of rotatable bonds is 3. The number of phenolic OH excluding ortho intramolecular Hbond substituents is 1. The lowest BCUT2D eigenvalue weighted by Crippen LogP contribution is -2.16. The first-order valence-electron chi connectivity index (χ1n) is 7.40. The molecule has 24 heavy (non-hydrogen) atoms. The number of ether oxygens (including phenoxy) is 1. The molecule has 0 aliphatic rings. The summed E-state index contributed by atoms with van der Waals surface area (Å²) in [5.74, 6) is -0.810. The summed E-state index contributed by atoms with van der Waals surface area (Å²) >= 11 is 0. The van der Waals surface area contributed by atoms with Crippen molar-refractivity contribution in [3.63, 3.8) is 0 Å². The van der Waals surface area contributed by atoms with E-state index in [1.807, 2.05) is 19.9 Å². The van der Waals surface area contributed by atoms with Gasteiger partial charge in [-0.05, 0) is 43.7 Å². The lowest BCUT2D eigenvalue weighted by molar-refractivity contribution is 0.0464. The predicted molar refractivity (Wildman–Crippen MR) is 88.2 cm³/mol. The Hall–Kier alpha value is -3.15. The Balaban J connectivity index is 1.84. The van der Waals surface area contributed by atoms with Crippen molar-refractivity contribution in [1.29, 1.82) is 0 Å². The molecule has 0 unspecified atom stereocenters. The minimum Gasteiger partial charge on any atom is -0.507 e. The molecule has 6 heteroatoms. The summed E-state index contributed by atoms with van der Waals surface area (Å²) in [7, 11) is 0. The standard InChI is InChI=1S/C18H16N2O4/c1-11-3-4-15(21)14(7-11)18(23)24-10-13-9-17(22)20-6-5-12(2)8-16(20)19-13/h3-9,21H,10H2,1-2H3. The minimum atomic E-state index is -0.664. The quantitative estimate of drug-likeness (QED) is 0.748. The Kier molecular flexibility index (Phi) is 4.04. The van der Waals surface area contributed by atoms with Gasteiger partial charge >= 0.3 is 5.97 Å². The van der Waals surface area contributed by atoms with Crippen molar-refractivity contribution in [3.8, 4) is 5.75 Å². The molecule has 0 atom stereocenters. The molecule has 2 heterocycles. The van der Waals surface area contributed by atoms with E-state index in [4.69, 9.17) is 4.74 Å². The number of fused-ring (bicyclic) bond motifs is 1. The van der Waals surface area contributed by atoms with Gasteiger partial charge in [0.05, 0.1) is 5.69 Å². The van der Waals surface area contributed by atoms with Crippen LogP contribution in [0.3, 0.4) is 0 Å². The summed E-state index contributed by atoms with van der Waals surface area (Å²) in [6, 6.07) is 9.60. The van der Waals surface area contributed by atoms with E-state index in [0.29, 0.717) is 11.3 Å². The molecule has 2 aromatic heterocycles. The summed E-state index contributed by atoms with van der Waals surface area (Å²) < 4.78 is 6.60. The van der Waals surface area contributed by atoms with Crippen LogP contribution >= 0.6 is 0 Å². The van der Waals surface area contributed by atoms with Crippen LogP contribution in [0.15, 0.2) is 47.4 Å². The van der Waals surface area contributed by atoms with Crippen molar-refractivity contribution < 1.29 is 14.6 Å². The second-order valence-corrected chi connectivity index (χ2v) is 5.61. The third-order valence-electron chi connectivity index (χ3n) is 3.60. The van der Waals surface area contributed by atoms with Crippen molar-refractivity contribution in [1.82, 2.24) is 9.38 Å². The Morgan fingerprint density at radius 1 is 1.17 bits per heavy atom. The van der Waals surface area contributed by atoms with E-state index in [1.54, 1.807) is 24.4 Å². The molecule has 0 spiro atoms. The lowest BCUT2D eigenvalue weighted by atomic mass is 10.1. The lowest BCUT2D eigenvalue weighted by Gasteiger charge is -2.08. The number of pyridine rings is 1. The molecule has 6 nitrogen and oxygen atoms in total. The highest BCUT2D eigenvalue weighted by Crippen LogP contribution is 2.19. The number of aryl methyl sites for hydroxylation is 2. The second-order valence-electron chi connectivity index (χ2n) is 5.61. The van der Waals surface area contributed by atoms with E-state index >= 15 is 0 Å².